The topological polar surface area (TPSA) is 63.4 Å². The van der Waals surface area contributed by atoms with E-state index in [1.807, 2.05) is 0 Å². The van der Waals surface area contributed by atoms with Crippen molar-refractivity contribution in [2.24, 2.45) is 11.7 Å². The first-order valence-electron chi connectivity index (χ1n) is 6.62. The van der Waals surface area contributed by atoms with Gasteiger partial charge >= 0.3 is 0 Å². The first-order valence-corrected chi connectivity index (χ1v) is 7.61. The summed E-state index contributed by atoms with van der Waals surface area (Å²) in [6, 6.07) is 3.53. The number of primary amides is 1. The molecule has 21 heavy (non-hydrogen) atoms. The maximum absolute atomic E-state index is 13.1. The second-order valence-electron chi connectivity index (χ2n) is 4.95. The average Bonchev–Trinajstić information content (AvgIpc) is 2.48. The third-order valence-electron chi connectivity index (χ3n) is 3.43. The summed E-state index contributed by atoms with van der Waals surface area (Å²) < 4.78 is 25.9. The molecule has 0 radical (unpaired) electrons. The van der Waals surface area contributed by atoms with Gasteiger partial charge in [0.05, 0.1) is 11.7 Å². The van der Waals surface area contributed by atoms with Gasteiger partial charge in [0.1, 0.15) is 0 Å². The number of benzene rings is 1. The van der Waals surface area contributed by atoms with Crippen molar-refractivity contribution < 1.29 is 18.4 Å². The van der Waals surface area contributed by atoms with Gasteiger partial charge in [-0.1, -0.05) is 0 Å². The minimum Gasteiger partial charge on any atom is -0.369 e. The van der Waals surface area contributed by atoms with Gasteiger partial charge in [-0.3, -0.25) is 9.59 Å². The van der Waals surface area contributed by atoms with Crippen LogP contribution in [0.15, 0.2) is 23.1 Å². The fourth-order valence-corrected chi connectivity index (χ4v) is 3.06. The highest BCUT2D eigenvalue weighted by Crippen LogP contribution is 2.22. The second-order valence-corrected chi connectivity index (χ2v) is 5.99. The molecule has 4 nitrogen and oxygen atoms in total. The molecule has 0 spiro atoms. The van der Waals surface area contributed by atoms with Gasteiger partial charge in [0.2, 0.25) is 11.8 Å². The monoisotopic (exact) mass is 314 g/mol. The lowest BCUT2D eigenvalue weighted by Crippen LogP contribution is -2.44. The molecule has 0 bridgehead atoms. The summed E-state index contributed by atoms with van der Waals surface area (Å²) in [5.74, 6) is -2.53. The number of piperidine rings is 1. The van der Waals surface area contributed by atoms with Crippen molar-refractivity contribution in [1.82, 2.24) is 4.90 Å². The average molecular weight is 314 g/mol. The van der Waals surface area contributed by atoms with E-state index in [1.54, 1.807) is 4.90 Å². The van der Waals surface area contributed by atoms with E-state index in [4.69, 9.17) is 5.73 Å². The molecule has 1 aromatic rings. The Morgan fingerprint density at radius 3 is 2.76 bits per heavy atom. The standard InChI is InChI=1S/C14H16F2N2O2S/c15-11-4-3-10(6-12(11)16)21-8-13(19)18-5-1-2-9(7-18)14(17)20/h3-4,6,9H,1-2,5,7-8H2,(H2,17,20)/t9-/m0/s1. The third kappa shape index (κ3) is 4.17. The Bertz CT molecular complexity index is 554. The van der Waals surface area contributed by atoms with Crippen LogP contribution in [0, 0.1) is 17.6 Å². The van der Waals surface area contributed by atoms with Gasteiger partial charge in [0, 0.05) is 18.0 Å². The zero-order chi connectivity index (χ0) is 15.4. The van der Waals surface area contributed by atoms with Crippen molar-refractivity contribution in [2.75, 3.05) is 18.8 Å². The van der Waals surface area contributed by atoms with Crippen molar-refractivity contribution in [3.63, 3.8) is 0 Å². The highest BCUT2D eigenvalue weighted by molar-refractivity contribution is 8.00. The first-order chi connectivity index (χ1) is 9.97. The molecule has 1 heterocycles. The van der Waals surface area contributed by atoms with Gasteiger partial charge in [-0.05, 0) is 31.0 Å². The van der Waals surface area contributed by atoms with Crippen LogP contribution in [0.4, 0.5) is 8.78 Å². The summed E-state index contributed by atoms with van der Waals surface area (Å²) in [6.07, 6.45) is 1.45. The van der Waals surface area contributed by atoms with E-state index in [9.17, 15) is 18.4 Å². The Labute approximate surface area is 125 Å². The fraction of sp³-hybridized carbons (Fsp3) is 0.429. The summed E-state index contributed by atoms with van der Waals surface area (Å²) in [6.45, 7) is 0.938. The Kier molecular flexibility index (Phi) is 5.17. The van der Waals surface area contributed by atoms with E-state index in [0.717, 1.165) is 30.3 Å². The summed E-state index contributed by atoms with van der Waals surface area (Å²) in [4.78, 5) is 25.3. The molecule has 114 valence electrons. The van der Waals surface area contributed by atoms with Crippen LogP contribution in [0.1, 0.15) is 12.8 Å². The number of thioether (sulfide) groups is 1. The molecule has 2 amide bonds. The minimum absolute atomic E-state index is 0.122. The maximum atomic E-state index is 13.1. The van der Waals surface area contributed by atoms with E-state index in [2.05, 4.69) is 0 Å². The molecule has 1 atom stereocenters. The zero-order valence-corrected chi connectivity index (χ0v) is 12.2. The molecule has 1 fully saturated rings. The van der Waals surface area contributed by atoms with Crippen molar-refractivity contribution in [3.05, 3.63) is 29.8 Å². The van der Waals surface area contributed by atoms with E-state index in [1.165, 1.54) is 6.07 Å². The predicted octanol–water partition coefficient (Wildman–Crippen LogP) is 1.78. The zero-order valence-electron chi connectivity index (χ0n) is 11.4. The summed E-state index contributed by atoms with van der Waals surface area (Å²) in [7, 11) is 0. The molecule has 2 N–H and O–H groups in total. The van der Waals surface area contributed by atoms with E-state index in [0.29, 0.717) is 24.4 Å². The normalized spacial score (nSPS) is 18.6. The molecule has 0 aliphatic carbocycles. The molecule has 1 aliphatic rings. The largest absolute Gasteiger partial charge is 0.369 e. The van der Waals surface area contributed by atoms with Gasteiger partial charge in [-0.2, -0.15) is 0 Å². The van der Waals surface area contributed by atoms with Crippen LogP contribution >= 0.6 is 11.8 Å². The lowest BCUT2D eigenvalue weighted by molar-refractivity contribution is -0.132. The van der Waals surface area contributed by atoms with E-state index in [-0.39, 0.29) is 23.5 Å². The molecule has 1 aliphatic heterocycles. The van der Waals surface area contributed by atoms with Gasteiger partial charge in [-0.25, -0.2) is 8.78 Å². The highest BCUT2D eigenvalue weighted by atomic mass is 32.2. The smallest absolute Gasteiger partial charge is 0.232 e. The third-order valence-corrected chi connectivity index (χ3v) is 4.41. The Morgan fingerprint density at radius 2 is 2.10 bits per heavy atom. The van der Waals surface area contributed by atoms with Gasteiger partial charge < -0.3 is 10.6 Å². The lowest BCUT2D eigenvalue weighted by atomic mass is 9.97. The number of carbonyl (C=O) groups excluding carboxylic acids is 2. The number of rotatable bonds is 4. The molecule has 2 rings (SSSR count). The number of amides is 2. The lowest BCUT2D eigenvalue weighted by Gasteiger charge is -2.31. The minimum atomic E-state index is -0.931. The maximum Gasteiger partial charge on any atom is 0.232 e. The van der Waals surface area contributed by atoms with Crippen LogP contribution in [0.25, 0.3) is 0 Å². The molecule has 0 saturated carbocycles. The highest BCUT2D eigenvalue weighted by Gasteiger charge is 2.26. The van der Waals surface area contributed by atoms with Crippen LogP contribution in [0.5, 0.6) is 0 Å². The SMILES string of the molecule is NC(=O)[C@H]1CCCN(C(=O)CSc2ccc(F)c(F)c2)C1. The van der Waals surface area contributed by atoms with Crippen molar-refractivity contribution in [2.45, 2.75) is 17.7 Å². The molecular formula is C14H16F2N2O2S. The number of hydrogen-bond donors (Lipinski definition) is 1. The molecule has 0 unspecified atom stereocenters. The number of nitrogens with zero attached hydrogens (tertiary/aromatic N) is 1. The van der Waals surface area contributed by atoms with Gasteiger partial charge in [0.25, 0.3) is 0 Å². The van der Waals surface area contributed by atoms with Gasteiger partial charge in [-0.15, -0.1) is 11.8 Å². The molecule has 7 heteroatoms. The Morgan fingerprint density at radius 1 is 1.33 bits per heavy atom. The van der Waals surface area contributed by atoms with Crippen LogP contribution in [-0.2, 0) is 9.59 Å². The quantitative estimate of drug-likeness (QED) is 0.862. The van der Waals surface area contributed by atoms with Crippen molar-refractivity contribution in [3.8, 4) is 0 Å². The molecular weight excluding hydrogens is 298 g/mol. The number of carbonyl (C=O) groups is 2. The number of likely N-dealkylation sites (tertiary alicyclic amines) is 1. The van der Waals surface area contributed by atoms with Crippen LogP contribution in [0.2, 0.25) is 0 Å². The van der Waals surface area contributed by atoms with E-state index < -0.39 is 11.6 Å². The second kappa shape index (κ2) is 6.89. The van der Waals surface area contributed by atoms with Crippen molar-refractivity contribution >= 4 is 23.6 Å². The summed E-state index contributed by atoms with van der Waals surface area (Å²) >= 11 is 1.14. The summed E-state index contributed by atoms with van der Waals surface area (Å²) in [5, 5.41) is 0. The van der Waals surface area contributed by atoms with E-state index >= 15 is 0 Å². The number of hydrogen-bond acceptors (Lipinski definition) is 3. The molecule has 1 aromatic carbocycles. The fourth-order valence-electron chi connectivity index (χ4n) is 2.24. The van der Waals surface area contributed by atoms with Crippen molar-refractivity contribution in [1.29, 1.82) is 0 Å². The van der Waals surface area contributed by atoms with Crippen LogP contribution in [0.3, 0.4) is 0 Å². The van der Waals surface area contributed by atoms with Crippen LogP contribution < -0.4 is 5.73 Å². The molecule has 1 saturated heterocycles. The van der Waals surface area contributed by atoms with Gasteiger partial charge in [0.15, 0.2) is 11.6 Å². The molecule has 0 aromatic heterocycles. The Hall–Kier alpha value is -1.63. The number of nitrogens with two attached hydrogens (primary N) is 1. The Balaban J connectivity index is 1.89. The summed E-state index contributed by atoms with van der Waals surface area (Å²) in [5.41, 5.74) is 5.27. The predicted molar refractivity (Wildman–Crippen MR) is 75.6 cm³/mol. The first kappa shape index (κ1) is 15.8. The van der Waals surface area contributed by atoms with Crippen LogP contribution in [-0.4, -0.2) is 35.6 Å². The number of halogens is 2.